The standard InChI is InChI=1S/C21H21N7O2/c1-30-17-8-6-16(7-9-17)20(14-22)26-10-12-27(13-11-26)21(29)18-4-2-3-5-19(18)28-15-23-24-25-28/h2-9,15,20H,10-13H2,1H3. The fourth-order valence-electron chi connectivity index (χ4n) is 3.63. The summed E-state index contributed by atoms with van der Waals surface area (Å²) in [5.41, 5.74) is 2.11. The van der Waals surface area contributed by atoms with E-state index in [1.54, 1.807) is 13.2 Å². The molecule has 1 unspecified atom stereocenters. The third-order valence-corrected chi connectivity index (χ3v) is 5.25. The van der Waals surface area contributed by atoms with Crippen molar-refractivity contribution in [3.8, 4) is 17.5 Å². The maximum atomic E-state index is 13.1. The van der Waals surface area contributed by atoms with Crippen molar-refractivity contribution in [2.45, 2.75) is 6.04 Å². The van der Waals surface area contributed by atoms with Crippen molar-refractivity contribution in [1.29, 1.82) is 5.26 Å². The van der Waals surface area contributed by atoms with Crippen LogP contribution in [0.2, 0.25) is 0 Å². The molecule has 9 nitrogen and oxygen atoms in total. The molecule has 2 heterocycles. The average Bonchev–Trinajstić information content (AvgIpc) is 3.35. The summed E-state index contributed by atoms with van der Waals surface area (Å²) >= 11 is 0. The molecule has 0 radical (unpaired) electrons. The SMILES string of the molecule is COc1ccc(C(C#N)N2CCN(C(=O)c3ccccc3-n3cnnn3)CC2)cc1. The minimum Gasteiger partial charge on any atom is -0.497 e. The van der Waals surface area contributed by atoms with Crippen LogP contribution in [0.5, 0.6) is 5.75 Å². The van der Waals surface area contributed by atoms with E-state index < -0.39 is 0 Å². The first-order chi connectivity index (χ1) is 14.7. The predicted molar refractivity (Wildman–Crippen MR) is 108 cm³/mol. The van der Waals surface area contributed by atoms with Crippen molar-refractivity contribution in [2.24, 2.45) is 0 Å². The predicted octanol–water partition coefficient (Wildman–Crippen LogP) is 1.69. The number of carbonyl (C=O) groups excluding carboxylic acids is 1. The Morgan fingerprint density at radius 2 is 1.83 bits per heavy atom. The Kier molecular flexibility index (Phi) is 5.68. The van der Waals surface area contributed by atoms with Crippen LogP contribution in [0, 0.1) is 11.3 Å². The highest BCUT2D eigenvalue weighted by atomic mass is 16.5. The minimum absolute atomic E-state index is 0.0706. The normalized spacial score (nSPS) is 15.4. The lowest BCUT2D eigenvalue weighted by Gasteiger charge is -2.37. The Morgan fingerprint density at radius 3 is 2.47 bits per heavy atom. The number of benzene rings is 2. The van der Waals surface area contributed by atoms with Gasteiger partial charge in [-0.3, -0.25) is 9.69 Å². The number of ether oxygens (including phenoxy) is 1. The molecule has 9 heteroatoms. The van der Waals surface area contributed by atoms with Crippen LogP contribution >= 0.6 is 0 Å². The molecule has 1 saturated heterocycles. The minimum atomic E-state index is -0.360. The molecule has 1 aliphatic heterocycles. The molecule has 0 N–H and O–H groups in total. The number of piperazine rings is 1. The summed E-state index contributed by atoms with van der Waals surface area (Å²) in [4.78, 5) is 17.1. The monoisotopic (exact) mass is 403 g/mol. The Bertz CT molecular complexity index is 1040. The molecule has 1 atom stereocenters. The van der Waals surface area contributed by atoms with Gasteiger partial charge in [-0.1, -0.05) is 24.3 Å². The van der Waals surface area contributed by atoms with Crippen LogP contribution in [-0.4, -0.2) is 69.2 Å². The maximum absolute atomic E-state index is 13.1. The van der Waals surface area contributed by atoms with Crippen molar-refractivity contribution < 1.29 is 9.53 Å². The van der Waals surface area contributed by atoms with Gasteiger partial charge in [0.15, 0.2) is 0 Å². The van der Waals surface area contributed by atoms with Gasteiger partial charge in [0.2, 0.25) is 0 Å². The summed E-state index contributed by atoms with van der Waals surface area (Å²) in [6.45, 7) is 2.31. The first-order valence-electron chi connectivity index (χ1n) is 9.60. The van der Waals surface area contributed by atoms with Crippen molar-refractivity contribution in [1.82, 2.24) is 30.0 Å². The smallest absolute Gasteiger partial charge is 0.256 e. The van der Waals surface area contributed by atoms with Crippen LogP contribution in [0.25, 0.3) is 5.69 Å². The number of tetrazole rings is 1. The molecule has 0 saturated carbocycles. The van der Waals surface area contributed by atoms with Gasteiger partial charge >= 0.3 is 0 Å². The van der Waals surface area contributed by atoms with Gasteiger partial charge in [0.1, 0.15) is 18.1 Å². The fraction of sp³-hybridized carbons (Fsp3) is 0.286. The fourth-order valence-corrected chi connectivity index (χ4v) is 3.63. The number of amides is 1. The van der Waals surface area contributed by atoms with Gasteiger partial charge in [-0.2, -0.15) is 9.94 Å². The number of hydrogen-bond donors (Lipinski definition) is 0. The van der Waals surface area contributed by atoms with Gasteiger partial charge < -0.3 is 9.64 Å². The van der Waals surface area contributed by atoms with Crippen molar-refractivity contribution >= 4 is 5.91 Å². The molecule has 4 rings (SSSR count). The number of nitriles is 1. The average molecular weight is 403 g/mol. The summed E-state index contributed by atoms with van der Waals surface area (Å²) in [6, 6.07) is 16.8. The Hall–Kier alpha value is -3.77. The van der Waals surface area contributed by atoms with E-state index in [0.29, 0.717) is 37.4 Å². The highest BCUT2D eigenvalue weighted by molar-refractivity contribution is 5.97. The second kappa shape index (κ2) is 8.71. The number of methoxy groups -OCH3 is 1. The maximum Gasteiger partial charge on any atom is 0.256 e. The van der Waals surface area contributed by atoms with Gasteiger partial charge in [-0.25, -0.2) is 0 Å². The van der Waals surface area contributed by atoms with Crippen molar-refractivity contribution in [3.63, 3.8) is 0 Å². The van der Waals surface area contributed by atoms with Gasteiger partial charge in [0.25, 0.3) is 5.91 Å². The highest BCUT2D eigenvalue weighted by Gasteiger charge is 2.28. The molecule has 2 aromatic carbocycles. The van der Waals surface area contributed by atoms with Crippen LogP contribution in [0.1, 0.15) is 22.0 Å². The molecular formula is C21H21N7O2. The second-order valence-corrected chi connectivity index (χ2v) is 6.90. The Balaban J connectivity index is 1.46. The van der Waals surface area contributed by atoms with Gasteiger partial charge in [-0.15, -0.1) is 5.10 Å². The number of rotatable bonds is 5. The molecule has 0 aliphatic carbocycles. The van der Waals surface area contributed by atoms with E-state index in [1.807, 2.05) is 47.4 Å². The summed E-state index contributed by atoms with van der Waals surface area (Å²) in [5.74, 6) is 0.686. The Morgan fingerprint density at radius 1 is 1.10 bits per heavy atom. The quantitative estimate of drug-likeness (QED) is 0.639. The van der Waals surface area contributed by atoms with E-state index in [-0.39, 0.29) is 11.9 Å². The van der Waals surface area contributed by atoms with E-state index >= 15 is 0 Å². The van der Waals surface area contributed by atoms with E-state index in [9.17, 15) is 10.1 Å². The third kappa shape index (κ3) is 3.86. The van der Waals surface area contributed by atoms with Crippen LogP contribution in [0.3, 0.4) is 0 Å². The summed E-state index contributed by atoms with van der Waals surface area (Å²) in [5, 5.41) is 20.9. The van der Waals surface area contributed by atoms with Crippen molar-refractivity contribution in [3.05, 3.63) is 66.0 Å². The molecule has 0 bridgehead atoms. The summed E-state index contributed by atoms with van der Waals surface area (Å²) in [6.07, 6.45) is 1.47. The number of nitrogens with zero attached hydrogens (tertiary/aromatic N) is 7. The molecule has 1 aliphatic rings. The molecule has 152 valence electrons. The molecule has 1 aromatic heterocycles. The number of aromatic nitrogens is 4. The second-order valence-electron chi connectivity index (χ2n) is 6.90. The first kappa shape index (κ1) is 19.5. The third-order valence-electron chi connectivity index (χ3n) is 5.25. The Labute approximate surface area is 174 Å². The molecule has 0 spiro atoms. The topological polar surface area (TPSA) is 100 Å². The molecular weight excluding hydrogens is 382 g/mol. The number of hydrogen-bond acceptors (Lipinski definition) is 7. The highest BCUT2D eigenvalue weighted by Crippen LogP contribution is 2.24. The molecule has 1 amide bonds. The zero-order chi connectivity index (χ0) is 20.9. The van der Waals surface area contributed by atoms with E-state index in [2.05, 4.69) is 26.5 Å². The molecule has 3 aromatic rings. The van der Waals surface area contributed by atoms with Gasteiger partial charge in [0.05, 0.1) is 24.4 Å². The zero-order valence-corrected chi connectivity index (χ0v) is 16.5. The number of carbonyl (C=O) groups is 1. The largest absolute Gasteiger partial charge is 0.497 e. The van der Waals surface area contributed by atoms with Crippen molar-refractivity contribution in [2.75, 3.05) is 33.3 Å². The van der Waals surface area contributed by atoms with Crippen LogP contribution in [0.15, 0.2) is 54.9 Å². The molecule has 1 fully saturated rings. The summed E-state index contributed by atoms with van der Waals surface area (Å²) in [7, 11) is 1.62. The lowest BCUT2D eigenvalue weighted by atomic mass is 10.0. The lowest BCUT2D eigenvalue weighted by molar-refractivity contribution is 0.0606. The first-order valence-corrected chi connectivity index (χ1v) is 9.60. The van der Waals surface area contributed by atoms with Gasteiger partial charge in [-0.05, 0) is 40.3 Å². The summed E-state index contributed by atoms with van der Waals surface area (Å²) < 4.78 is 6.68. The van der Waals surface area contributed by atoms with Gasteiger partial charge in [0, 0.05) is 26.2 Å². The zero-order valence-electron chi connectivity index (χ0n) is 16.5. The molecule has 30 heavy (non-hydrogen) atoms. The van der Waals surface area contributed by atoms with E-state index in [4.69, 9.17) is 4.74 Å². The van der Waals surface area contributed by atoms with E-state index in [0.717, 1.165) is 11.3 Å². The van der Waals surface area contributed by atoms with Crippen LogP contribution in [-0.2, 0) is 0 Å². The number of para-hydroxylation sites is 1. The van der Waals surface area contributed by atoms with E-state index in [1.165, 1.54) is 11.0 Å². The van der Waals surface area contributed by atoms with Crippen LogP contribution < -0.4 is 4.74 Å². The van der Waals surface area contributed by atoms with Crippen LogP contribution in [0.4, 0.5) is 0 Å². The lowest BCUT2D eigenvalue weighted by Crippen LogP contribution is -2.49.